The Morgan fingerprint density at radius 1 is 1.48 bits per heavy atom. The van der Waals surface area contributed by atoms with Crippen LogP contribution in [0.25, 0.3) is 0 Å². The fraction of sp³-hybridized carbons (Fsp3) is 0.385. The molecule has 0 aromatic heterocycles. The first-order chi connectivity index (χ1) is 9.92. The molecule has 7 nitrogen and oxygen atoms in total. The SMILES string of the molecule is CCCC(=O)N[C@H]1Cc2cc(O)cc(C(=O)O)c2OB1O. The maximum Gasteiger partial charge on any atom is 0.547 e. The standard InChI is InChI=1S/C13H16BNO6/c1-2-3-11(17)15-10-5-7-4-8(16)6-9(13(18)19)12(7)21-14(10)20/h4,6,10,16,20H,2-3,5H2,1H3,(H,15,17)(H,18,19)/t10-/m0/s1. The number of hydrogen-bond donors (Lipinski definition) is 4. The maximum atomic E-state index is 11.6. The van der Waals surface area contributed by atoms with E-state index in [1.54, 1.807) is 0 Å². The first kappa shape index (κ1) is 15.2. The predicted octanol–water partition coefficient (Wildman–Crippen LogP) is 0.330. The molecule has 0 bridgehead atoms. The predicted molar refractivity (Wildman–Crippen MR) is 74.2 cm³/mol. The molecule has 1 aliphatic rings. The number of amides is 1. The van der Waals surface area contributed by atoms with Crippen molar-refractivity contribution < 1.29 is 29.5 Å². The third kappa shape index (κ3) is 3.27. The quantitative estimate of drug-likeness (QED) is 0.594. The van der Waals surface area contributed by atoms with Crippen LogP contribution in [0.4, 0.5) is 0 Å². The van der Waals surface area contributed by atoms with Gasteiger partial charge in [0.05, 0.1) is 5.94 Å². The fourth-order valence-corrected chi connectivity index (χ4v) is 2.29. The van der Waals surface area contributed by atoms with E-state index in [2.05, 4.69) is 5.32 Å². The van der Waals surface area contributed by atoms with Crippen LogP contribution in [0.2, 0.25) is 0 Å². The molecular weight excluding hydrogens is 277 g/mol. The van der Waals surface area contributed by atoms with Crippen LogP contribution in [0.1, 0.15) is 35.7 Å². The summed E-state index contributed by atoms with van der Waals surface area (Å²) in [4.78, 5) is 22.7. The van der Waals surface area contributed by atoms with Crippen LogP contribution < -0.4 is 9.97 Å². The first-order valence-corrected chi connectivity index (χ1v) is 6.65. The Hall–Kier alpha value is -2.22. The van der Waals surface area contributed by atoms with Gasteiger partial charge in [-0.15, -0.1) is 0 Å². The van der Waals surface area contributed by atoms with Crippen molar-refractivity contribution in [3.8, 4) is 11.5 Å². The second-order valence-corrected chi connectivity index (χ2v) is 4.92. The minimum atomic E-state index is -1.33. The van der Waals surface area contributed by atoms with Gasteiger partial charge in [-0.1, -0.05) is 6.92 Å². The molecule has 1 aliphatic heterocycles. The largest absolute Gasteiger partial charge is 0.547 e. The smallest absolute Gasteiger partial charge is 0.534 e. The zero-order valence-electron chi connectivity index (χ0n) is 11.5. The Bertz CT molecular complexity index is 576. The number of aromatic hydroxyl groups is 1. The summed E-state index contributed by atoms with van der Waals surface area (Å²) in [7, 11) is -1.33. The molecule has 0 saturated carbocycles. The van der Waals surface area contributed by atoms with Gasteiger partial charge in [-0.05, 0) is 30.5 Å². The van der Waals surface area contributed by atoms with Crippen LogP contribution in [0.3, 0.4) is 0 Å². The van der Waals surface area contributed by atoms with Gasteiger partial charge in [0.1, 0.15) is 17.1 Å². The number of phenolic OH excluding ortho intramolecular Hbond substituents is 1. The van der Waals surface area contributed by atoms with E-state index in [1.807, 2.05) is 6.92 Å². The molecule has 21 heavy (non-hydrogen) atoms. The van der Waals surface area contributed by atoms with Gasteiger partial charge in [0, 0.05) is 6.42 Å². The molecule has 8 heteroatoms. The number of fused-ring (bicyclic) bond motifs is 1. The molecule has 1 heterocycles. The highest BCUT2D eigenvalue weighted by atomic mass is 16.5. The van der Waals surface area contributed by atoms with Crippen molar-refractivity contribution in [2.45, 2.75) is 32.1 Å². The number of carboxylic acid groups (broad SMARTS) is 1. The molecule has 4 N–H and O–H groups in total. The number of carboxylic acids is 1. The molecule has 0 aliphatic carbocycles. The molecule has 1 amide bonds. The minimum absolute atomic E-state index is 0.0220. The van der Waals surface area contributed by atoms with E-state index in [-0.39, 0.29) is 29.4 Å². The van der Waals surface area contributed by atoms with Gasteiger partial charge in [-0.2, -0.15) is 0 Å². The van der Waals surface area contributed by atoms with E-state index in [1.165, 1.54) is 6.07 Å². The van der Waals surface area contributed by atoms with Crippen LogP contribution in [-0.2, 0) is 11.2 Å². The van der Waals surface area contributed by atoms with E-state index >= 15 is 0 Å². The molecule has 1 aromatic rings. The van der Waals surface area contributed by atoms with Gasteiger partial charge < -0.3 is 25.2 Å². The maximum absolute atomic E-state index is 11.6. The summed E-state index contributed by atoms with van der Waals surface area (Å²) in [6, 6.07) is 2.43. The van der Waals surface area contributed by atoms with E-state index in [0.29, 0.717) is 18.4 Å². The summed E-state index contributed by atoms with van der Waals surface area (Å²) in [5.74, 6) is -2.34. The van der Waals surface area contributed by atoms with Gasteiger partial charge in [0.15, 0.2) is 0 Å². The van der Waals surface area contributed by atoms with Gasteiger partial charge in [0.25, 0.3) is 0 Å². The monoisotopic (exact) mass is 293 g/mol. The van der Waals surface area contributed by atoms with Gasteiger partial charge in [-0.25, -0.2) is 4.79 Å². The van der Waals surface area contributed by atoms with Crippen LogP contribution >= 0.6 is 0 Å². The summed E-state index contributed by atoms with van der Waals surface area (Å²) in [6.07, 6.45) is 1.19. The lowest BCUT2D eigenvalue weighted by atomic mass is 9.72. The lowest BCUT2D eigenvalue weighted by molar-refractivity contribution is -0.121. The minimum Gasteiger partial charge on any atom is -0.534 e. The highest BCUT2D eigenvalue weighted by Gasteiger charge is 2.38. The van der Waals surface area contributed by atoms with Crippen LogP contribution in [-0.4, -0.2) is 40.2 Å². The first-order valence-electron chi connectivity index (χ1n) is 6.65. The van der Waals surface area contributed by atoms with E-state index in [4.69, 9.17) is 9.76 Å². The van der Waals surface area contributed by atoms with Gasteiger partial charge in [-0.3, -0.25) is 4.79 Å². The second-order valence-electron chi connectivity index (χ2n) is 4.92. The van der Waals surface area contributed by atoms with Crippen molar-refractivity contribution in [1.29, 1.82) is 0 Å². The average Bonchev–Trinajstić information content (AvgIpc) is 2.39. The van der Waals surface area contributed by atoms with Crippen molar-refractivity contribution in [3.05, 3.63) is 23.3 Å². The summed E-state index contributed by atoms with van der Waals surface area (Å²) in [6.45, 7) is 1.86. The Morgan fingerprint density at radius 2 is 2.19 bits per heavy atom. The number of hydrogen-bond acceptors (Lipinski definition) is 5. The number of nitrogens with one attached hydrogen (secondary N) is 1. The fourth-order valence-electron chi connectivity index (χ4n) is 2.29. The zero-order chi connectivity index (χ0) is 15.6. The van der Waals surface area contributed by atoms with Crippen molar-refractivity contribution in [1.82, 2.24) is 5.32 Å². The normalized spacial score (nSPS) is 16.9. The topological polar surface area (TPSA) is 116 Å². The number of aromatic carboxylic acids is 1. The van der Waals surface area contributed by atoms with E-state index < -0.39 is 19.0 Å². The lowest BCUT2D eigenvalue weighted by Crippen LogP contribution is -2.53. The third-order valence-corrected chi connectivity index (χ3v) is 3.23. The number of benzene rings is 1. The van der Waals surface area contributed by atoms with E-state index in [0.717, 1.165) is 6.07 Å². The molecule has 1 atom stereocenters. The van der Waals surface area contributed by atoms with Crippen molar-refractivity contribution >= 4 is 19.0 Å². The Balaban J connectivity index is 2.26. The van der Waals surface area contributed by atoms with Crippen molar-refractivity contribution in [2.24, 2.45) is 0 Å². The number of rotatable bonds is 4. The van der Waals surface area contributed by atoms with Gasteiger partial charge in [0.2, 0.25) is 5.91 Å². The summed E-state index contributed by atoms with van der Waals surface area (Å²) in [5, 5.41) is 31.2. The van der Waals surface area contributed by atoms with Crippen LogP contribution in [0, 0.1) is 0 Å². The molecular formula is C13H16BNO6. The zero-order valence-corrected chi connectivity index (χ0v) is 11.5. The molecule has 1 aromatic carbocycles. The molecule has 0 spiro atoms. The van der Waals surface area contributed by atoms with Crippen molar-refractivity contribution in [3.63, 3.8) is 0 Å². The molecule has 0 saturated heterocycles. The number of carbonyl (C=O) groups is 2. The highest BCUT2D eigenvalue weighted by Crippen LogP contribution is 2.33. The van der Waals surface area contributed by atoms with Crippen LogP contribution in [0.15, 0.2) is 12.1 Å². The molecule has 0 unspecified atom stereocenters. The summed E-state index contributed by atoms with van der Waals surface area (Å²) >= 11 is 0. The highest BCUT2D eigenvalue weighted by molar-refractivity contribution is 6.47. The number of phenols is 1. The Labute approximate surface area is 121 Å². The Morgan fingerprint density at radius 3 is 2.81 bits per heavy atom. The lowest BCUT2D eigenvalue weighted by Gasteiger charge is -2.29. The van der Waals surface area contributed by atoms with Gasteiger partial charge >= 0.3 is 13.1 Å². The number of carbonyl (C=O) groups excluding carboxylic acids is 1. The molecule has 0 fully saturated rings. The Kier molecular flexibility index (Phi) is 4.37. The van der Waals surface area contributed by atoms with E-state index in [9.17, 15) is 19.7 Å². The molecule has 2 rings (SSSR count). The summed E-state index contributed by atoms with van der Waals surface area (Å²) in [5.41, 5.74) is 0.210. The summed E-state index contributed by atoms with van der Waals surface area (Å²) < 4.78 is 5.22. The average molecular weight is 293 g/mol. The third-order valence-electron chi connectivity index (χ3n) is 3.23. The molecule has 0 radical (unpaired) electrons. The van der Waals surface area contributed by atoms with Crippen LogP contribution in [0.5, 0.6) is 11.5 Å². The molecule has 112 valence electrons. The van der Waals surface area contributed by atoms with Crippen molar-refractivity contribution in [2.75, 3.05) is 0 Å². The second kappa shape index (κ2) is 6.05.